The molecule has 0 bridgehead atoms. The van der Waals surface area contributed by atoms with E-state index < -0.39 is 5.91 Å². The molecule has 3 aromatic rings. The number of primary amides is 1. The molecule has 1 aromatic heterocycles. The molecule has 0 saturated carbocycles. The Morgan fingerprint density at radius 1 is 1.19 bits per heavy atom. The molecule has 0 radical (unpaired) electrons. The predicted octanol–water partition coefficient (Wildman–Crippen LogP) is 4.21. The number of nitrogens with zero attached hydrogens (tertiary/aromatic N) is 1. The maximum absolute atomic E-state index is 12.6. The van der Waals surface area contributed by atoms with E-state index in [4.69, 9.17) is 5.73 Å². The van der Waals surface area contributed by atoms with E-state index in [1.807, 2.05) is 34.9 Å². The molecule has 4 rings (SSSR count). The van der Waals surface area contributed by atoms with Crippen molar-refractivity contribution >= 4 is 28.4 Å². The number of aromatic nitrogens is 1. The molecule has 2 aromatic carbocycles. The second-order valence-electron chi connectivity index (χ2n) is 6.97. The van der Waals surface area contributed by atoms with Crippen LogP contribution in [-0.4, -0.2) is 22.9 Å². The molecule has 3 N–H and O–H groups in total. The second-order valence-corrected chi connectivity index (χ2v) is 6.97. The zero-order valence-electron chi connectivity index (χ0n) is 15.4. The van der Waals surface area contributed by atoms with Gasteiger partial charge in [-0.15, -0.1) is 0 Å². The highest BCUT2D eigenvalue weighted by Gasteiger charge is 2.25. The Labute approximate surface area is 158 Å². The van der Waals surface area contributed by atoms with Gasteiger partial charge in [0.25, 0.3) is 5.91 Å². The molecule has 27 heavy (non-hydrogen) atoms. The highest BCUT2D eigenvalue weighted by molar-refractivity contribution is 6.06. The molecule has 1 aliphatic rings. The smallest absolute Gasteiger partial charge is 0.250 e. The van der Waals surface area contributed by atoms with Gasteiger partial charge in [-0.25, -0.2) is 0 Å². The SMILES string of the molecule is CCCNc1cc(-c2c3n(c4ccccc24)C(=O)CCC3)ccc1C(N)=O. The molecule has 138 valence electrons. The number of anilines is 1. The molecular weight excluding hydrogens is 338 g/mol. The first-order chi connectivity index (χ1) is 13.1. The number of fused-ring (bicyclic) bond motifs is 3. The quantitative estimate of drug-likeness (QED) is 0.715. The number of carbonyl (C=O) groups excluding carboxylic acids is 2. The summed E-state index contributed by atoms with van der Waals surface area (Å²) in [5.74, 6) is -0.295. The molecule has 2 heterocycles. The second kappa shape index (κ2) is 6.91. The van der Waals surface area contributed by atoms with Crippen LogP contribution in [0, 0.1) is 0 Å². The summed E-state index contributed by atoms with van der Waals surface area (Å²) < 4.78 is 1.87. The maximum atomic E-state index is 12.6. The van der Waals surface area contributed by atoms with Gasteiger partial charge >= 0.3 is 0 Å². The number of amides is 1. The van der Waals surface area contributed by atoms with Gasteiger partial charge in [0, 0.05) is 35.3 Å². The summed E-state index contributed by atoms with van der Waals surface area (Å²) in [4.78, 5) is 24.4. The van der Waals surface area contributed by atoms with Crippen LogP contribution in [0.4, 0.5) is 5.69 Å². The van der Waals surface area contributed by atoms with Gasteiger partial charge in [-0.3, -0.25) is 14.2 Å². The van der Waals surface area contributed by atoms with Crippen molar-refractivity contribution < 1.29 is 9.59 Å². The van der Waals surface area contributed by atoms with Crippen LogP contribution in [0.5, 0.6) is 0 Å². The van der Waals surface area contributed by atoms with E-state index in [9.17, 15) is 9.59 Å². The molecule has 0 saturated heterocycles. The Kier molecular flexibility index (Phi) is 4.44. The fourth-order valence-corrected chi connectivity index (χ4v) is 3.98. The van der Waals surface area contributed by atoms with Crippen LogP contribution < -0.4 is 11.1 Å². The van der Waals surface area contributed by atoms with Crippen LogP contribution in [0.1, 0.15) is 47.0 Å². The van der Waals surface area contributed by atoms with Crippen molar-refractivity contribution in [1.82, 2.24) is 4.57 Å². The third kappa shape index (κ3) is 2.89. The van der Waals surface area contributed by atoms with Crippen molar-refractivity contribution in [1.29, 1.82) is 0 Å². The van der Waals surface area contributed by atoms with Gasteiger partial charge in [0.05, 0.1) is 11.1 Å². The lowest BCUT2D eigenvalue weighted by Crippen LogP contribution is -2.19. The van der Waals surface area contributed by atoms with E-state index in [1.54, 1.807) is 6.07 Å². The fraction of sp³-hybridized carbons (Fsp3) is 0.273. The number of hydrogen-bond donors (Lipinski definition) is 2. The van der Waals surface area contributed by atoms with E-state index in [-0.39, 0.29) is 5.91 Å². The summed E-state index contributed by atoms with van der Waals surface area (Å²) in [6.07, 6.45) is 3.25. The van der Waals surface area contributed by atoms with Crippen molar-refractivity contribution in [3.63, 3.8) is 0 Å². The van der Waals surface area contributed by atoms with E-state index in [1.165, 1.54) is 0 Å². The lowest BCUT2D eigenvalue weighted by Gasteiger charge is -2.17. The van der Waals surface area contributed by atoms with Crippen LogP contribution in [0.15, 0.2) is 42.5 Å². The van der Waals surface area contributed by atoms with Gasteiger partial charge < -0.3 is 11.1 Å². The average molecular weight is 361 g/mol. The van der Waals surface area contributed by atoms with Gasteiger partial charge in [-0.2, -0.15) is 0 Å². The highest BCUT2D eigenvalue weighted by atomic mass is 16.2. The molecule has 1 amide bonds. The van der Waals surface area contributed by atoms with Crippen molar-refractivity contribution in [2.75, 3.05) is 11.9 Å². The number of benzene rings is 2. The van der Waals surface area contributed by atoms with Crippen molar-refractivity contribution in [3.8, 4) is 11.1 Å². The highest BCUT2D eigenvalue weighted by Crippen LogP contribution is 2.39. The number of nitrogens with one attached hydrogen (secondary N) is 1. The largest absolute Gasteiger partial charge is 0.384 e. The molecule has 5 heteroatoms. The van der Waals surface area contributed by atoms with Crippen LogP contribution in [0.2, 0.25) is 0 Å². The first kappa shape index (κ1) is 17.3. The maximum Gasteiger partial charge on any atom is 0.250 e. The lowest BCUT2D eigenvalue weighted by molar-refractivity contribution is 0.0889. The topological polar surface area (TPSA) is 77.1 Å². The van der Waals surface area contributed by atoms with Gasteiger partial charge in [0.1, 0.15) is 0 Å². The molecule has 1 aliphatic heterocycles. The lowest BCUT2D eigenvalue weighted by atomic mass is 9.96. The van der Waals surface area contributed by atoms with Crippen molar-refractivity contribution in [2.45, 2.75) is 32.6 Å². The van der Waals surface area contributed by atoms with E-state index >= 15 is 0 Å². The average Bonchev–Trinajstić information content (AvgIpc) is 3.01. The summed E-state index contributed by atoms with van der Waals surface area (Å²) in [6.45, 7) is 2.83. The molecule has 0 atom stereocenters. The summed E-state index contributed by atoms with van der Waals surface area (Å²) in [7, 11) is 0. The summed E-state index contributed by atoms with van der Waals surface area (Å²) >= 11 is 0. The van der Waals surface area contributed by atoms with Gasteiger partial charge in [-0.05, 0) is 43.0 Å². The van der Waals surface area contributed by atoms with Crippen LogP contribution in [0.3, 0.4) is 0 Å². The Balaban J connectivity index is 1.95. The minimum Gasteiger partial charge on any atom is -0.384 e. The summed E-state index contributed by atoms with van der Waals surface area (Å²) in [5, 5.41) is 4.37. The van der Waals surface area contributed by atoms with E-state index in [0.717, 1.165) is 59.2 Å². The molecule has 0 aliphatic carbocycles. The number of nitrogens with two attached hydrogens (primary N) is 1. The Bertz CT molecular complexity index is 1050. The standard InChI is InChI=1S/C22H23N3O2/c1-2-12-24-17-13-14(10-11-15(17)22(23)27)21-16-6-3-4-7-18(16)25-19(21)8-5-9-20(25)26/h3-4,6-7,10-11,13,24H,2,5,8-9,12H2,1H3,(H2,23,27). The molecule has 0 unspecified atom stereocenters. The van der Waals surface area contributed by atoms with Gasteiger partial charge in [0.15, 0.2) is 0 Å². The number of carbonyl (C=O) groups is 2. The normalized spacial score (nSPS) is 13.6. The molecular formula is C22H23N3O2. The fourth-order valence-electron chi connectivity index (χ4n) is 3.98. The van der Waals surface area contributed by atoms with E-state index in [2.05, 4.69) is 18.3 Å². The number of para-hydroxylation sites is 1. The predicted molar refractivity (Wildman–Crippen MR) is 108 cm³/mol. The number of hydrogen-bond acceptors (Lipinski definition) is 3. The third-order valence-electron chi connectivity index (χ3n) is 5.17. The van der Waals surface area contributed by atoms with Crippen molar-refractivity contribution in [2.24, 2.45) is 5.73 Å². The van der Waals surface area contributed by atoms with E-state index in [0.29, 0.717) is 12.0 Å². The summed E-state index contributed by atoms with van der Waals surface area (Å²) in [5.41, 5.74) is 10.9. The zero-order chi connectivity index (χ0) is 19.0. The Morgan fingerprint density at radius 2 is 2.00 bits per heavy atom. The van der Waals surface area contributed by atoms with Crippen molar-refractivity contribution in [3.05, 3.63) is 53.7 Å². The van der Waals surface area contributed by atoms with Gasteiger partial charge in [-0.1, -0.05) is 31.2 Å². The Hall–Kier alpha value is -3.08. The summed E-state index contributed by atoms with van der Waals surface area (Å²) in [6, 6.07) is 13.7. The molecule has 0 fully saturated rings. The number of rotatable bonds is 5. The Morgan fingerprint density at radius 3 is 2.78 bits per heavy atom. The van der Waals surface area contributed by atoms with Crippen LogP contribution in [-0.2, 0) is 6.42 Å². The first-order valence-electron chi connectivity index (χ1n) is 9.45. The minimum atomic E-state index is -0.445. The molecule has 5 nitrogen and oxygen atoms in total. The monoisotopic (exact) mass is 361 g/mol. The molecule has 0 spiro atoms. The third-order valence-corrected chi connectivity index (χ3v) is 5.17. The zero-order valence-corrected chi connectivity index (χ0v) is 15.4. The van der Waals surface area contributed by atoms with Crippen LogP contribution >= 0.6 is 0 Å². The van der Waals surface area contributed by atoms with Gasteiger partial charge in [0.2, 0.25) is 5.91 Å². The minimum absolute atomic E-state index is 0.150. The first-order valence-corrected chi connectivity index (χ1v) is 9.45. The van der Waals surface area contributed by atoms with Crippen LogP contribution in [0.25, 0.3) is 22.0 Å².